The fraction of sp³-hybridized carbons (Fsp3) is 0.105. The van der Waals surface area contributed by atoms with Gasteiger partial charge in [0.1, 0.15) is 5.75 Å². The lowest BCUT2D eigenvalue weighted by Crippen LogP contribution is -1.87. The van der Waals surface area contributed by atoms with Crippen molar-refractivity contribution in [1.82, 2.24) is 15.1 Å². The third kappa shape index (κ3) is 3.04. The first-order valence-corrected chi connectivity index (χ1v) is 8.62. The van der Waals surface area contributed by atoms with Gasteiger partial charge in [-0.05, 0) is 25.1 Å². The second-order valence-electron chi connectivity index (χ2n) is 5.46. The van der Waals surface area contributed by atoms with E-state index in [0.29, 0.717) is 17.5 Å². The summed E-state index contributed by atoms with van der Waals surface area (Å²) in [7, 11) is 1.62. The Morgan fingerprint density at radius 3 is 2.64 bits per heavy atom. The molecule has 2 aromatic heterocycles. The van der Waals surface area contributed by atoms with Gasteiger partial charge in [0.15, 0.2) is 0 Å². The Hall–Kier alpha value is -2.99. The van der Waals surface area contributed by atoms with Gasteiger partial charge in [-0.2, -0.15) is 4.98 Å². The number of hydrogen-bond donors (Lipinski definition) is 0. The lowest BCUT2D eigenvalue weighted by molar-refractivity contribution is 0.405. The van der Waals surface area contributed by atoms with E-state index in [4.69, 9.17) is 9.26 Å². The van der Waals surface area contributed by atoms with Crippen LogP contribution in [0.4, 0.5) is 0 Å². The third-order valence-electron chi connectivity index (χ3n) is 3.80. The highest BCUT2D eigenvalue weighted by Gasteiger charge is 2.15. The molecule has 0 radical (unpaired) electrons. The van der Waals surface area contributed by atoms with Crippen LogP contribution in [0.1, 0.15) is 5.01 Å². The summed E-state index contributed by atoms with van der Waals surface area (Å²) in [5, 5.41) is 7.21. The van der Waals surface area contributed by atoms with Gasteiger partial charge in [-0.3, -0.25) is 0 Å². The first-order valence-electron chi connectivity index (χ1n) is 7.74. The summed E-state index contributed by atoms with van der Waals surface area (Å²) in [5.41, 5.74) is 3.64. The third-order valence-corrected chi connectivity index (χ3v) is 4.57. The molecule has 0 bridgehead atoms. The summed E-state index contributed by atoms with van der Waals surface area (Å²) >= 11 is 1.63. The molecule has 0 saturated carbocycles. The van der Waals surface area contributed by atoms with Crippen LogP contribution in [0.25, 0.3) is 34.1 Å². The van der Waals surface area contributed by atoms with Crippen LogP contribution >= 0.6 is 11.3 Å². The number of aromatic nitrogens is 3. The van der Waals surface area contributed by atoms with Crippen LogP contribution in [0.2, 0.25) is 0 Å². The van der Waals surface area contributed by atoms with E-state index in [1.54, 1.807) is 18.4 Å². The van der Waals surface area contributed by atoms with Crippen LogP contribution in [0.3, 0.4) is 0 Å². The van der Waals surface area contributed by atoms with Crippen LogP contribution in [-0.4, -0.2) is 22.2 Å². The standard InChI is InChI=1S/C19H15N3O2S/c1-12-20-16(11-25-12)13-6-5-7-14(10-13)18-21-19(24-22-18)15-8-3-4-9-17(15)23-2/h3-11H,1-2H3. The molecule has 0 aliphatic rings. The minimum atomic E-state index is 0.433. The number of nitrogens with zero attached hydrogens (tertiary/aromatic N) is 3. The molecule has 25 heavy (non-hydrogen) atoms. The highest BCUT2D eigenvalue weighted by atomic mass is 32.1. The van der Waals surface area contributed by atoms with Crippen molar-refractivity contribution in [2.45, 2.75) is 6.92 Å². The van der Waals surface area contributed by atoms with E-state index in [1.807, 2.05) is 60.8 Å². The van der Waals surface area contributed by atoms with Crippen molar-refractivity contribution < 1.29 is 9.26 Å². The molecule has 0 atom stereocenters. The predicted molar refractivity (Wildman–Crippen MR) is 97.6 cm³/mol. The minimum absolute atomic E-state index is 0.433. The maximum atomic E-state index is 5.44. The van der Waals surface area contributed by atoms with Crippen LogP contribution in [0.15, 0.2) is 58.4 Å². The van der Waals surface area contributed by atoms with Crippen molar-refractivity contribution in [2.24, 2.45) is 0 Å². The van der Waals surface area contributed by atoms with Crippen LogP contribution in [0.5, 0.6) is 5.75 Å². The Morgan fingerprint density at radius 2 is 1.84 bits per heavy atom. The largest absolute Gasteiger partial charge is 0.496 e. The van der Waals surface area contributed by atoms with Gasteiger partial charge in [-0.1, -0.05) is 35.5 Å². The van der Waals surface area contributed by atoms with Gasteiger partial charge >= 0.3 is 0 Å². The van der Waals surface area contributed by atoms with Crippen molar-refractivity contribution in [3.63, 3.8) is 0 Å². The quantitative estimate of drug-likeness (QED) is 0.527. The Kier molecular flexibility index (Phi) is 4.03. The fourth-order valence-corrected chi connectivity index (χ4v) is 3.21. The van der Waals surface area contributed by atoms with Gasteiger partial charge < -0.3 is 9.26 Å². The Labute approximate surface area is 148 Å². The van der Waals surface area contributed by atoms with E-state index in [1.165, 1.54) is 0 Å². The van der Waals surface area contributed by atoms with E-state index >= 15 is 0 Å². The second-order valence-corrected chi connectivity index (χ2v) is 6.52. The molecule has 4 aromatic rings. The molecular formula is C19H15N3O2S. The SMILES string of the molecule is COc1ccccc1-c1nc(-c2cccc(-c3csc(C)n3)c2)no1. The summed E-state index contributed by atoms with van der Waals surface area (Å²) in [6, 6.07) is 15.5. The molecule has 0 unspecified atom stereocenters. The Balaban J connectivity index is 1.71. The highest BCUT2D eigenvalue weighted by molar-refractivity contribution is 7.09. The van der Waals surface area contributed by atoms with E-state index in [-0.39, 0.29) is 0 Å². The molecule has 6 heteroatoms. The summed E-state index contributed by atoms with van der Waals surface area (Å²) < 4.78 is 10.8. The normalized spacial score (nSPS) is 10.8. The summed E-state index contributed by atoms with van der Waals surface area (Å²) in [4.78, 5) is 9.05. The zero-order valence-corrected chi connectivity index (χ0v) is 14.6. The number of thiazole rings is 1. The number of hydrogen-bond acceptors (Lipinski definition) is 6. The Morgan fingerprint density at radius 1 is 1.00 bits per heavy atom. The average molecular weight is 349 g/mol. The maximum Gasteiger partial charge on any atom is 0.262 e. The molecule has 5 nitrogen and oxygen atoms in total. The van der Waals surface area contributed by atoms with Gasteiger partial charge in [-0.15, -0.1) is 11.3 Å². The van der Waals surface area contributed by atoms with Crippen molar-refractivity contribution in [2.75, 3.05) is 7.11 Å². The molecule has 0 N–H and O–H groups in total. The molecule has 2 aromatic carbocycles. The number of rotatable bonds is 4. The van der Waals surface area contributed by atoms with Gasteiger partial charge in [-0.25, -0.2) is 4.98 Å². The van der Waals surface area contributed by atoms with Gasteiger partial charge in [0.25, 0.3) is 5.89 Å². The fourth-order valence-electron chi connectivity index (χ4n) is 2.59. The van der Waals surface area contributed by atoms with E-state index in [0.717, 1.165) is 27.4 Å². The topological polar surface area (TPSA) is 61.0 Å². The highest BCUT2D eigenvalue weighted by Crippen LogP contribution is 2.31. The number of benzene rings is 2. The van der Waals surface area contributed by atoms with Crippen molar-refractivity contribution in [3.8, 4) is 39.8 Å². The number of aryl methyl sites for hydroxylation is 1. The minimum Gasteiger partial charge on any atom is -0.496 e. The lowest BCUT2D eigenvalue weighted by atomic mass is 10.1. The molecule has 0 amide bonds. The monoisotopic (exact) mass is 349 g/mol. The number of ether oxygens (including phenoxy) is 1. The van der Waals surface area contributed by atoms with Crippen molar-refractivity contribution >= 4 is 11.3 Å². The van der Waals surface area contributed by atoms with Crippen LogP contribution < -0.4 is 4.74 Å². The van der Waals surface area contributed by atoms with Gasteiger partial charge in [0, 0.05) is 16.5 Å². The second kappa shape index (κ2) is 6.49. The molecule has 0 aliphatic heterocycles. The van der Waals surface area contributed by atoms with E-state index in [2.05, 4.69) is 15.1 Å². The molecular weight excluding hydrogens is 334 g/mol. The van der Waals surface area contributed by atoms with Crippen molar-refractivity contribution in [3.05, 3.63) is 58.9 Å². The molecule has 0 aliphatic carbocycles. The van der Waals surface area contributed by atoms with Crippen LogP contribution in [-0.2, 0) is 0 Å². The van der Waals surface area contributed by atoms with Gasteiger partial charge in [0.05, 0.1) is 23.4 Å². The number of methoxy groups -OCH3 is 1. The molecule has 124 valence electrons. The van der Waals surface area contributed by atoms with Crippen molar-refractivity contribution in [1.29, 1.82) is 0 Å². The molecule has 4 rings (SSSR count). The van der Waals surface area contributed by atoms with E-state index < -0.39 is 0 Å². The van der Waals surface area contributed by atoms with E-state index in [9.17, 15) is 0 Å². The average Bonchev–Trinajstić information content (AvgIpc) is 3.31. The smallest absolute Gasteiger partial charge is 0.262 e. The number of para-hydroxylation sites is 1. The van der Waals surface area contributed by atoms with Gasteiger partial charge in [0.2, 0.25) is 5.82 Å². The zero-order chi connectivity index (χ0) is 17.2. The molecule has 0 fully saturated rings. The Bertz CT molecular complexity index is 1020. The first-order chi connectivity index (χ1) is 12.2. The molecule has 0 saturated heterocycles. The summed E-state index contributed by atoms with van der Waals surface area (Å²) in [5.74, 6) is 1.67. The maximum absolute atomic E-state index is 5.44. The first kappa shape index (κ1) is 15.5. The lowest BCUT2D eigenvalue weighted by Gasteiger charge is -2.02. The predicted octanol–water partition coefficient (Wildman–Crippen LogP) is 4.84. The zero-order valence-electron chi connectivity index (χ0n) is 13.8. The molecule has 0 spiro atoms. The summed E-state index contributed by atoms with van der Waals surface area (Å²) in [6.45, 7) is 2.00. The molecule has 2 heterocycles. The van der Waals surface area contributed by atoms with Crippen LogP contribution in [0, 0.1) is 6.92 Å². The summed E-state index contributed by atoms with van der Waals surface area (Å²) in [6.07, 6.45) is 0.